The van der Waals surface area contributed by atoms with Crippen LogP contribution >= 0.6 is 15.9 Å². The average molecular weight is 312 g/mol. The second kappa shape index (κ2) is 7.22. The maximum absolute atomic E-state index is 4.47. The first-order chi connectivity index (χ1) is 8.78. The fraction of sp³-hybridized carbons (Fsp3) is 0.643. The van der Waals surface area contributed by atoms with Crippen LogP contribution in [0.15, 0.2) is 22.8 Å². The van der Waals surface area contributed by atoms with E-state index < -0.39 is 0 Å². The standard InChI is InChI=1S/C14H22BrN3/c1-2-8-18(10-13-4-3-7-16-13)11-14-6-5-12(15)9-17-14/h5-6,9,13,16H,2-4,7-8,10-11H2,1H3. The number of halogens is 1. The number of pyridine rings is 1. The molecule has 0 aliphatic carbocycles. The molecule has 1 aromatic rings. The first-order valence-electron chi connectivity index (χ1n) is 6.84. The van der Waals surface area contributed by atoms with Gasteiger partial charge in [-0.25, -0.2) is 0 Å². The van der Waals surface area contributed by atoms with Crippen molar-refractivity contribution in [3.8, 4) is 0 Å². The predicted octanol–water partition coefficient (Wildman–Crippen LogP) is 2.81. The summed E-state index contributed by atoms with van der Waals surface area (Å²) >= 11 is 3.43. The van der Waals surface area contributed by atoms with Crippen LogP contribution < -0.4 is 5.32 Å². The van der Waals surface area contributed by atoms with E-state index in [9.17, 15) is 0 Å². The highest BCUT2D eigenvalue weighted by Gasteiger charge is 2.17. The minimum Gasteiger partial charge on any atom is -0.313 e. The Morgan fingerprint density at radius 3 is 3.00 bits per heavy atom. The van der Waals surface area contributed by atoms with E-state index in [1.807, 2.05) is 6.20 Å². The van der Waals surface area contributed by atoms with Gasteiger partial charge < -0.3 is 5.32 Å². The number of nitrogens with one attached hydrogen (secondary N) is 1. The summed E-state index contributed by atoms with van der Waals surface area (Å²) in [6.07, 6.45) is 5.71. The third kappa shape index (κ3) is 4.34. The molecule has 1 saturated heterocycles. The number of hydrogen-bond donors (Lipinski definition) is 1. The molecule has 2 heterocycles. The number of aromatic nitrogens is 1. The summed E-state index contributed by atoms with van der Waals surface area (Å²) in [6.45, 7) is 6.67. The van der Waals surface area contributed by atoms with Gasteiger partial charge in [-0.05, 0) is 60.4 Å². The van der Waals surface area contributed by atoms with E-state index in [2.05, 4.69) is 50.2 Å². The van der Waals surface area contributed by atoms with Gasteiger partial charge in [-0.15, -0.1) is 0 Å². The highest BCUT2D eigenvalue weighted by molar-refractivity contribution is 9.10. The highest BCUT2D eigenvalue weighted by Crippen LogP contribution is 2.12. The van der Waals surface area contributed by atoms with Gasteiger partial charge in [0, 0.05) is 29.8 Å². The smallest absolute Gasteiger partial charge is 0.0544 e. The highest BCUT2D eigenvalue weighted by atomic mass is 79.9. The number of hydrogen-bond acceptors (Lipinski definition) is 3. The van der Waals surface area contributed by atoms with E-state index in [0.717, 1.165) is 29.8 Å². The van der Waals surface area contributed by atoms with Crippen molar-refractivity contribution in [3.05, 3.63) is 28.5 Å². The second-order valence-electron chi connectivity index (χ2n) is 5.00. The largest absolute Gasteiger partial charge is 0.313 e. The van der Waals surface area contributed by atoms with Crippen LogP contribution in [0.4, 0.5) is 0 Å². The van der Waals surface area contributed by atoms with Gasteiger partial charge in [0.1, 0.15) is 0 Å². The molecule has 3 nitrogen and oxygen atoms in total. The third-order valence-electron chi connectivity index (χ3n) is 3.36. The predicted molar refractivity (Wildman–Crippen MR) is 78.5 cm³/mol. The molecule has 2 rings (SSSR count). The molecule has 1 atom stereocenters. The molecule has 0 radical (unpaired) electrons. The van der Waals surface area contributed by atoms with Gasteiger partial charge in [0.15, 0.2) is 0 Å². The monoisotopic (exact) mass is 311 g/mol. The van der Waals surface area contributed by atoms with E-state index in [4.69, 9.17) is 0 Å². The van der Waals surface area contributed by atoms with Crippen LogP contribution in [0, 0.1) is 0 Å². The first-order valence-corrected chi connectivity index (χ1v) is 7.63. The maximum Gasteiger partial charge on any atom is 0.0544 e. The van der Waals surface area contributed by atoms with Crippen molar-refractivity contribution >= 4 is 15.9 Å². The molecule has 18 heavy (non-hydrogen) atoms. The Hall–Kier alpha value is -0.450. The maximum atomic E-state index is 4.47. The van der Waals surface area contributed by atoms with Crippen molar-refractivity contribution < 1.29 is 0 Å². The Balaban J connectivity index is 1.90. The Labute approximate surface area is 118 Å². The van der Waals surface area contributed by atoms with Crippen LogP contribution in [0.5, 0.6) is 0 Å². The molecule has 0 amide bonds. The lowest BCUT2D eigenvalue weighted by Gasteiger charge is -2.24. The Morgan fingerprint density at radius 2 is 2.39 bits per heavy atom. The van der Waals surface area contributed by atoms with Gasteiger partial charge >= 0.3 is 0 Å². The zero-order chi connectivity index (χ0) is 12.8. The van der Waals surface area contributed by atoms with Crippen LogP contribution in [0.1, 0.15) is 31.9 Å². The molecule has 1 aliphatic rings. The van der Waals surface area contributed by atoms with Crippen LogP contribution in [-0.4, -0.2) is 35.6 Å². The molecule has 0 spiro atoms. The zero-order valence-corrected chi connectivity index (χ0v) is 12.6. The zero-order valence-electron chi connectivity index (χ0n) is 11.0. The Bertz CT molecular complexity index is 347. The molecule has 0 bridgehead atoms. The fourth-order valence-electron chi connectivity index (χ4n) is 2.50. The van der Waals surface area contributed by atoms with Crippen LogP contribution in [-0.2, 0) is 6.54 Å². The van der Waals surface area contributed by atoms with Crippen molar-refractivity contribution in [2.24, 2.45) is 0 Å². The summed E-state index contributed by atoms with van der Waals surface area (Å²) in [6, 6.07) is 4.85. The molecule has 1 aromatic heterocycles. The van der Waals surface area contributed by atoms with E-state index in [1.54, 1.807) is 0 Å². The van der Waals surface area contributed by atoms with Crippen molar-refractivity contribution in [3.63, 3.8) is 0 Å². The van der Waals surface area contributed by atoms with Gasteiger partial charge in [-0.3, -0.25) is 9.88 Å². The molecule has 1 fully saturated rings. The fourth-order valence-corrected chi connectivity index (χ4v) is 2.74. The molecule has 1 aliphatic heterocycles. The first kappa shape index (κ1) is 14.0. The van der Waals surface area contributed by atoms with Crippen LogP contribution in [0.3, 0.4) is 0 Å². The van der Waals surface area contributed by atoms with Crippen molar-refractivity contribution in [1.82, 2.24) is 15.2 Å². The average Bonchev–Trinajstić information content (AvgIpc) is 2.85. The summed E-state index contributed by atoms with van der Waals surface area (Å²) in [5.41, 5.74) is 1.16. The summed E-state index contributed by atoms with van der Waals surface area (Å²) in [5.74, 6) is 0. The molecular formula is C14H22BrN3. The quantitative estimate of drug-likeness (QED) is 0.875. The minimum absolute atomic E-state index is 0.673. The van der Waals surface area contributed by atoms with Gasteiger partial charge in [0.25, 0.3) is 0 Å². The van der Waals surface area contributed by atoms with E-state index >= 15 is 0 Å². The molecule has 0 aromatic carbocycles. The van der Waals surface area contributed by atoms with E-state index in [1.165, 1.54) is 25.8 Å². The molecular weight excluding hydrogens is 290 g/mol. The lowest BCUT2D eigenvalue weighted by Crippen LogP contribution is -2.37. The number of rotatable bonds is 6. The van der Waals surface area contributed by atoms with Crippen LogP contribution in [0.25, 0.3) is 0 Å². The summed E-state index contributed by atoms with van der Waals surface area (Å²) in [4.78, 5) is 6.98. The van der Waals surface area contributed by atoms with E-state index in [-0.39, 0.29) is 0 Å². The Morgan fingerprint density at radius 1 is 1.50 bits per heavy atom. The summed E-state index contributed by atoms with van der Waals surface area (Å²) in [5, 5.41) is 3.57. The molecule has 0 saturated carbocycles. The van der Waals surface area contributed by atoms with Gasteiger partial charge in [0.05, 0.1) is 5.69 Å². The summed E-state index contributed by atoms with van der Waals surface area (Å²) in [7, 11) is 0. The SMILES string of the molecule is CCCN(Cc1ccc(Br)cn1)CC1CCCN1. The van der Waals surface area contributed by atoms with Crippen LogP contribution in [0.2, 0.25) is 0 Å². The van der Waals surface area contributed by atoms with Gasteiger partial charge in [-0.1, -0.05) is 6.92 Å². The third-order valence-corrected chi connectivity index (χ3v) is 3.82. The minimum atomic E-state index is 0.673. The van der Waals surface area contributed by atoms with Crippen molar-refractivity contribution in [2.75, 3.05) is 19.6 Å². The number of nitrogens with zero attached hydrogens (tertiary/aromatic N) is 2. The lowest BCUT2D eigenvalue weighted by atomic mass is 10.2. The van der Waals surface area contributed by atoms with Crippen molar-refractivity contribution in [2.45, 2.75) is 38.8 Å². The van der Waals surface area contributed by atoms with Crippen molar-refractivity contribution in [1.29, 1.82) is 0 Å². The van der Waals surface area contributed by atoms with Gasteiger partial charge in [0.2, 0.25) is 0 Å². The molecule has 100 valence electrons. The topological polar surface area (TPSA) is 28.2 Å². The molecule has 1 N–H and O–H groups in total. The molecule has 1 unspecified atom stereocenters. The molecule has 4 heteroatoms. The van der Waals surface area contributed by atoms with Gasteiger partial charge in [-0.2, -0.15) is 0 Å². The Kier molecular flexibility index (Phi) is 5.60. The summed E-state index contributed by atoms with van der Waals surface area (Å²) < 4.78 is 1.05. The lowest BCUT2D eigenvalue weighted by molar-refractivity contribution is 0.239. The van der Waals surface area contributed by atoms with E-state index in [0.29, 0.717) is 6.04 Å². The second-order valence-corrected chi connectivity index (χ2v) is 5.91. The normalized spacial score (nSPS) is 19.6.